The number of hydrogen-bond acceptors (Lipinski definition) is 2. The fourth-order valence-corrected chi connectivity index (χ4v) is 1.81. The Morgan fingerprint density at radius 2 is 2.26 bits per heavy atom. The molecule has 1 N–H and O–H groups in total. The molecular formula is C13H13ClFN3O. The molecule has 0 aliphatic carbocycles. The summed E-state index contributed by atoms with van der Waals surface area (Å²) in [5.74, 6) is -0.830. The number of amides is 1. The fourth-order valence-electron chi connectivity index (χ4n) is 1.57. The van der Waals surface area contributed by atoms with Crippen molar-refractivity contribution in [3.05, 3.63) is 46.5 Å². The summed E-state index contributed by atoms with van der Waals surface area (Å²) >= 11 is 5.92. The number of aromatic nitrogens is 2. The SMILES string of the molecule is CCn1cc(Cl)c(C(=O)Nc2ccc(C)c(F)c2)n1. The molecule has 6 heteroatoms. The summed E-state index contributed by atoms with van der Waals surface area (Å²) in [6.45, 7) is 4.16. The number of halogens is 2. The lowest BCUT2D eigenvalue weighted by Gasteiger charge is -2.05. The monoisotopic (exact) mass is 281 g/mol. The number of nitrogens with one attached hydrogen (secondary N) is 1. The van der Waals surface area contributed by atoms with Crippen LogP contribution >= 0.6 is 11.6 Å². The van der Waals surface area contributed by atoms with E-state index in [0.717, 1.165) is 0 Å². The molecule has 1 aromatic carbocycles. The topological polar surface area (TPSA) is 46.9 Å². The van der Waals surface area contributed by atoms with Gasteiger partial charge >= 0.3 is 0 Å². The zero-order valence-corrected chi connectivity index (χ0v) is 11.3. The van der Waals surface area contributed by atoms with Gasteiger partial charge in [0.15, 0.2) is 5.69 Å². The van der Waals surface area contributed by atoms with Crippen LogP contribution < -0.4 is 5.32 Å². The van der Waals surface area contributed by atoms with Crippen LogP contribution in [0.15, 0.2) is 24.4 Å². The Labute approximate surface area is 115 Å². The van der Waals surface area contributed by atoms with Crippen molar-refractivity contribution in [2.45, 2.75) is 20.4 Å². The second-order valence-corrected chi connectivity index (χ2v) is 4.51. The standard InChI is InChI=1S/C13H13ClFN3O/c1-3-18-7-10(14)12(17-18)13(19)16-9-5-4-8(2)11(15)6-9/h4-7H,3H2,1-2H3,(H,16,19). The van der Waals surface area contributed by atoms with Crippen molar-refractivity contribution in [2.24, 2.45) is 0 Å². The average molecular weight is 282 g/mol. The van der Waals surface area contributed by atoms with Gasteiger partial charge in [0.25, 0.3) is 5.91 Å². The summed E-state index contributed by atoms with van der Waals surface area (Å²) in [4.78, 5) is 12.0. The van der Waals surface area contributed by atoms with Crippen molar-refractivity contribution in [1.29, 1.82) is 0 Å². The summed E-state index contributed by atoms with van der Waals surface area (Å²) in [5.41, 5.74) is 1.02. The third kappa shape index (κ3) is 2.93. The molecule has 0 radical (unpaired) electrons. The Hall–Kier alpha value is -1.88. The molecule has 0 aliphatic heterocycles. The second kappa shape index (κ2) is 5.40. The van der Waals surface area contributed by atoms with Gasteiger partial charge < -0.3 is 5.32 Å². The maximum Gasteiger partial charge on any atom is 0.277 e. The average Bonchev–Trinajstić information content (AvgIpc) is 2.75. The van der Waals surface area contributed by atoms with E-state index < -0.39 is 5.91 Å². The summed E-state index contributed by atoms with van der Waals surface area (Å²) in [6.07, 6.45) is 1.58. The second-order valence-electron chi connectivity index (χ2n) is 4.10. The van der Waals surface area contributed by atoms with Crippen molar-refractivity contribution in [3.63, 3.8) is 0 Å². The highest BCUT2D eigenvalue weighted by Crippen LogP contribution is 2.18. The van der Waals surface area contributed by atoms with E-state index in [-0.39, 0.29) is 16.5 Å². The van der Waals surface area contributed by atoms with Crippen molar-refractivity contribution in [1.82, 2.24) is 9.78 Å². The van der Waals surface area contributed by atoms with E-state index >= 15 is 0 Å². The van der Waals surface area contributed by atoms with Crippen molar-refractivity contribution in [3.8, 4) is 0 Å². The van der Waals surface area contributed by atoms with Crippen LogP contribution in [0.2, 0.25) is 5.02 Å². The van der Waals surface area contributed by atoms with Crippen LogP contribution in [0.3, 0.4) is 0 Å². The van der Waals surface area contributed by atoms with Crippen LogP contribution in [0.5, 0.6) is 0 Å². The first-order valence-corrected chi connectivity index (χ1v) is 6.19. The van der Waals surface area contributed by atoms with E-state index in [1.807, 2.05) is 6.92 Å². The van der Waals surface area contributed by atoms with E-state index in [1.165, 1.54) is 6.07 Å². The Balaban J connectivity index is 2.20. The number of rotatable bonds is 3. The van der Waals surface area contributed by atoms with Crippen LogP contribution in [-0.2, 0) is 6.54 Å². The van der Waals surface area contributed by atoms with Crippen LogP contribution in [0.4, 0.5) is 10.1 Å². The Bertz CT molecular complexity index is 624. The van der Waals surface area contributed by atoms with Crippen LogP contribution in [0, 0.1) is 12.7 Å². The molecule has 19 heavy (non-hydrogen) atoms. The first kappa shape index (κ1) is 13.5. The third-order valence-corrected chi connectivity index (χ3v) is 2.96. The Morgan fingerprint density at radius 1 is 1.53 bits per heavy atom. The number of aryl methyl sites for hydroxylation is 2. The first-order chi connectivity index (χ1) is 9.01. The van der Waals surface area contributed by atoms with Gasteiger partial charge in [0.1, 0.15) is 5.82 Å². The lowest BCUT2D eigenvalue weighted by atomic mass is 10.2. The molecule has 2 aromatic rings. The number of nitrogens with zero attached hydrogens (tertiary/aromatic N) is 2. The van der Waals surface area contributed by atoms with E-state index in [4.69, 9.17) is 11.6 Å². The normalized spacial score (nSPS) is 10.5. The summed E-state index contributed by atoms with van der Waals surface area (Å²) in [5, 5.41) is 6.88. The van der Waals surface area contributed by atoms with Gasteiger partial charge in [-0.25, -0.2) is 4.39 Å². The van der Waals surface area contributed by atoms with Gasteiger partial charge in [-0.15, -0.1) is 0 Å². The molecule has 0 unspecified atom stereocenters. The molecule has 0 fully saturated rings. The molecule has 1 amide bonds. The van der Waals surface area contributed by atoms with E-state index in [2.05, 4.69) is 10.4 Å². The first-order valence-electron chi connectivity index (χ1n) is 5.81. The maximum atomic E-state index is 13.4. The Morgan fingerprint density at radius 3 is 2.84 bits per heavy atom. The summed E-state index contributed by atoms with van der Waals surface area (Å²) in [7, 11) is 0. The lowest BCUT2D eigenvalue weighted by Crippen LogP contribution is -2.14. The smallest absolute Gasteiger partial charge is 0.277 e. The van der Waals surface area contributed by atoms with Crippen LogP contribution in [0.25, 0.3) is 0 Å². The highest BCUT2D eigenvalue weighted by molar-refractivity contribution is 6.34. The molecule has 1 heterocycles. The number of anilines is 1. The molecule has 0 saturated heterocycles. The third-order valence-electron chi connectivity index (χ3n) is 2.69. The van der Waals surface area contributed by atoms with Gasteiger partial charge in [-0.1, -0.05) is 17.7 Å². The van der Waals surface area contributed by atoms with Gasteiger partial charge in [-0.3, -0.25) is 9.48 Å². The molecule has 0 aliphatic rings. The molecule has 0 saturated carbocycles. The maximum absolute atomic E-state index is 13.4. The molecule has 0 spiro atoms. The Kier molecular flexibility index (Phi) is 3.85. The molecular weight excluding hydrogens is 269 g/mol. The van der Waals surface area contributed by atoms with Crippen LogP contribution in [-0.4, -0.2) is 15.7 Å². The van der Waals surface area contributed by atoms with Gasteiger partial charge in [0.05, 0.1) is 5.02 Å². The molecule has 4 nitrogen and oxygen atoms in total. The van der Waals surface area contributed by atoms with Crippen molar-refractivity contribution < 1.29 is 9.18 Å². The van der Waals surface area contributed by atoms with E-state index in [9.17, 15) is 9.18 Å². The van der Waals surface area contributed by atoms with Gasteiger partial charge in [0, 0.05) is 18.4 Å². The number of hydrogen-bond donors (Lipinski definition) is 1. The number of carbonyl (C=O) groups excluding carboxylic acids is 1. The predicted octanol–water partition coefficient (Wildman–Crippen LogP) is 3.26. The molecule has 100 valence electrons. The van der Waals surface area contributed by atoms with E-state index in [0.29, 0.717) is 17.8 Å². The quantitative estimate of drug-likeness (QED) is 0.939. The van der Waals surface area contributed by atoms with Crippen molar-refractivity contribution in [2.75, 3.05) is 5.32 Å². The molecule has 1 aromatic heterocycles. The zero-order valence-electron chi connectivity index (χ0n) is 10.6. The summed E-state index contributed by atoms with van der Waals surface area (Å²) in [6, 6.07) is 4.48. The minimum Gasteiger partial charge on any atom is -0.320 e. The highest BCUT2D eigenvalue weighted by Gasteiger charge is 2.15. The minimum absolute atomic E-state index is 0.129. The van der Waals surface area contributed by atoms with Gasteiger partial charge in [0.2, 0.25) is 0 Å². The zero-order chi connectivity index (χ0) is 14.0. The van der Waals surface area contributed by atoms with Crippen molar-refractivity contribution >= 4 is 23.2 Å². The molecule has 0 bridgehead atoms. The number of carbonyl (C=O) groups is 1. The molecule has 0 atom stereocenters. The largest absolute Gasteiger partial charge is 0.320 e. The predicted molar refractivity (Wildman–Crippen MR) is 72.0 cm³/mol. The van der Waals surface area contributed by atoms with Gasteiger partial charge in [-0.2, -0.15) is 5.10 Å². The van der Waals surface area contributed by atoms with Crippen LogP contribution in [0.1, 0.15) is 23.0 Å². The number of benzene rings is 1. The lowest BCUT2D eigenvalue weighted by molar-refractivity contribution is 0.102. The van der Waals surface area contributed by atoms with Gasteiger partial charge in [-0.05, 0) is 31.5 Å². The van der Waals surface area contributed by atoms with E-state index in [1.54, 1.807) is 29.9 Å². The molecule has 2 rings (SSSR count). The summed E-state index contributed by atoms with van der Waals surface area (Å²) < 4.78 is 14.9. The minimum atomic E-state index is -0.458. The fraction of sp³-hybridized carbons (Fsp3) is 0.231. The highest BCUT2D eigenvalue weighted by atomic mass is 35.5.